The predicted molar refractivity (Wildman–Crippen MR) is 214 cm³/mol. The number of benzene rings is 6. The van der Waals surface area contributed by atoms with Gasteiger partial charge in [0.15, 0.2) is 0 Å². The SMILES string of the molecule is CC(=O)N([O-])c1ccc2c(c1)Cc1ccccc1-2.CC(=O)N([O-])c1ccc2c(c1)Cc1ccccc1-2.CC(=O)N([O-])c1ccc2c(c1)Cc1ccccc1-2.[Fe+3]. The molecule has 55 heavy (non-hydrogen) atoms. The average molecular weight is 771 g/mol. The summed E-state index contributed by atoms with van der Waals surface area (Å²) in [4.78, 5) is 33.2. The molecule has 0 aromatic heterocycles. The van der Waals surface area contributed by atoms with Crippen molar-refractivity contribution in [2.75, 3.05) is 15.2 Å². The maximum Gasteiger partial charge on any atom is 3.00 e. The summed E-state index contributed by atoms with van der Waals surface area (Å²) in [6.45, 7) is 3.82. The maximum atomic E-state index is 11.6. The molecule has 3 aliphatic carbocycles. The van der Waals surface area contributed by atoms with E-state index in [1.165, 1.54) is 54.2 Å². The molecule has 0 heterocycles. The molecule has 0 spiro atoms. The first-order chi connectivity index (χ1) is 26.0. The van der Waals surface area contributed by atoms with Crippen LogP contribution in [0.25, 0.3) is 33.4 Å². The molecule has 3 amide bonds. The third kappa shape index (κ3) is 7.86. The Bertz CT molecular complexity index is 2180. The number of rotatable bonds is 3. The van der Waals surface area contributed by atoms with Crippen molar-refractivity contribution in [1.82, 2.24) is 0 Å². The van der Waals surface area contributed by atoms with Crippen molar-refractivity contribution in [2.45, 2.75) is 40.0 Å². The van der Waals surface area contributed by atoms with Gasteiger partial charge in [-0.05, 0) is 122 Å². The van der Waals surface area contributed by atoms with Crippen LogP contribution >= 0.6 is 0 Å². The monoisotopic (exact) mass is 770 g/mol. The van der Waals surface area contributed by atoms with Crippen molar-refractivity contribution in [2.24, 2.45) is 0 Å². The number of carbonyl (C=O) groups excluding carboxylic acids is 3. The van der Waals surface area contributed by atoms with Gasteiger partial charge in [-0.15, -0.1) is 0 Å². The quantitative estimate of drug-likeness (QED) is 0.130. The minimum absolute atomic E-state index is 0. The van der Waals surface area contributed by atoms with E-state index in [1.807, 2.05) is 72.8 Å². The first kappa shape index (κ1) is 38.8. The first-order valence-electron chi connectivity index (χ1n) is 17.6. The molecular weight excluding hydrogens is 734 g/mol. The number of nitrogens with zero attached hydrogens (tertiary/aromatic N) is 3. The molecule has 0 saturated carbocycles. The van der Waals surface area contributed by atoms with E-state index in [0.29, 0.717) is 32.3 Å². The fourth-order valence-corrected chi connectivity index (χ4v) is 7.32. The minimum atomic E-state index is -0.495. The van der Waals surface area contributed by atoms with E-state index >= 15 is 0 Å². The smallest absolute Gasteiger partial charge is 0.752 e. The number of hydrogen-bond donors (Lipinski definition) is 0. The van der Waals surface area contributed by atoms with E-state index in [-0.39, 0.29) is 17.1 Å². The summed E-state index contributed by atoms with van der Waals surface area (Å²) in [6, 6.07) is 40.9. The van der Waals surface area contributed by atoms with Crippen molar-refractivity contribution in [3.8, 4) is 33.4 Å². The molecule has 3 aliphatic rings. The van der Waals surface area contributed by atoms with Crippen molar-refractivity contribution in [1.29, 1.82) is 0 Å². The van der Waals surface area contributed by atoms with Gasteiger partial charge in [0.1, 0.15) is 0 Å². The molecule has 10 heteroatoms. The van der Waals surface area contributed by atoms with Gasteiger partial charge in [0, 0.05) is 37.8 Å². The van der Waals surface area contributed by atoms with Crippen molar-refractivity contribution < 1.29 is 31.5 Å². The van der Waals surface area contributed by atoms with Gasteiger partial charge < -0.3 is 30.8 Å². The Kier molecular flexibility index (Phi) is 11.5. The fourth-order valence-electron chi connectivity index (χ4n) is 7.32. The molecule has 0 saturated heterocycles. The molecule has 0 fully saturated rings. The van der Waals surface area contributed by atoms with Gasteiger partial charge in [-0.1, -0.05) is 91.0 Å². The third-order valence-corrected chi connectivity index (χ3v) is 9.89. The number of hydroxylamine groups is 3. The van der Waals surface area contributed by atoms with Crippen LogP contribution in [0.4, 0.5) is 17.1 Å². The van der Waals surface area contributed by atoms with Crippen LogP contribution in [0, 0.1) is 15.6 Å². The second-order valence-electron chi connectivity index (χ2n) is 13.5. The van der Waals surface area contributed by atoms with E-state index in [2.05, 4.69) is 36.4 Å². The average Bonchev–Trinajstić information content (AvgIpc) is 3.87. The summed E-state index contributed by atoms with van der Waals surface area (Å²) in [6.07, 6.45) is 2.47. The van der Waals surface area contributed by atoms with Gasteiger partial charge in [-0.3, -0.25) is 14.4 Å². The van der Waals surface area contributed by atoms with Crippen LogP contribution in [0.2, 0.25) is 0 Å². The first-order valence-corrected chi connectivity index (χ1v) is 17.6. The Balaban J connectivity index is 0.000000139. The Morgan fingerprint density at radius 2 is 0.618 bits per heavy atom. The van der Waals surface area contributed by atoms with Crippen LogP contribution in [0.5, 0.6) is 0 Å². The maximum absolute atomic E-state index is 11.6. The van der Waals surface area contributed by atoms with Gasteiger partial charge in [-0.25, -0.2) is 0 Å². The van der Waals surface area contributed by atoms with Gasteiger partial charge in [0.2, 0.25) is 17.7 Å². The van der Waals surface area contributed by atoms with Crippen LogP contribution in [-0.4, -0.2) is 17.7 Å². The van der Waals surface area contributed by atoms with Crippen LogP contribution in [0.3, 0.4) is 0 Å². The van der Waals surface area contributed by atoms with Crippen molar-refractivity contribution in [3.05, 3.63) is 176 Å². The van der Waals surface area contributed by atoms with Crippen LogP contribution in [0.1, 0.15) is 54.2 Å². The Morgan fingerprint density at radius 3 is 0.873 bits per heavy atom. The second kappa shape index (κ2) is 16.2. The fraction of sp³-hybridized carbons (Fsp3) is 0.133. The van der Waals surface area contributed by atoms with Crippen molar-refractivity contribution in [3.63, 3.8) is 0 Å². The molecule has 0 atom stereocenters. The van der Waals surface area contributed by atoms with Crippen LogP contribution < -0.4 is 15.2 Å². The zero-order chi connectivity index (χ0) is 38.1. The summed E-state index contributed by atoms with van der Waals surface area (Å²) in [5.74, 6) is -1.48. The largest absolute Gasteiger partial charge is 3.00 e. The van der Waals surface area contributed by atoms with Gasteiger partial charge in [0.25, 0.3) is 0 Å². The number of fused-ring (bicyclic) bond motifs is 9. The molecule has 275 valence electrons. The number of anilines is 3. The molecule has 6 aromatic carbocycles. The number of amides is 3. The summed E-state index contributed by atoms with van der Waals surface area (Å²) < 4.78 is 0. The summed E-state index contributed by atoms with van der Waals surface area (Å²) in [5, 5.41) is 36.1. The molecule has 6 aromatic rings. The minimum Gasteiger partial charge on any atom is -0.752 e. The topological polar surface area (TPSA) is 130 Å². The van der Waals surface area contributed by atoms with E-state index in [9.17, 15) is 30.0 Å². The summed E-state index contributed by atoms with van der Waals surface area (Å²) >= 11 is 0. The molecule has 0 unspecified atom stereocenters. The molecule has 0 N–H and O–H groups in total. The predicted octanol–water partition coefficient (Wildman–Crippen LogP) is 9.32. The van der Waals surface area contributed by atoms with E-state index in [0.717, 1.165) is 52.6 Å². The molecule has 0 bridgehead atoms. The second-order valence-corrected chi connectivity index (χ2v) is 13.5. The molecule has 0 aliphatic heterocycles. The van der Waals surface area contributed by atoms with E-state index in [4.69, 9.17) is 0 Å². The number of hydrogen-bond acceptors (Lipinski definition) is 6. The molecule has 9 nitrogen and oxygen atoms in total. The zero-order valence-electron chi connectivity index (χ0n) is 30.4. The van der Waals surface area contributed by atoms with E-state index < -0.39 is 17.7 Å². The normalized spacial score (nSPS) is 11.7. The molecule has 1 radical (unpaired) electrons. The standard InChI is InChI=1S/3C15H12NO2.Fe/c3*1-10(17)16(18)13-6-7-15-12(9-13)8-11-4-2-3-5-14(11)15;/h3*2-7,9H,8H2,1H3;/q3*-1;+3. The third-order valence-electron chi connectivity index (χ3n) is 9.89. The van der Waals surface area contributed by atoms with Gasteiger partial charge in [-0.2, -0.15) is 0 Å². The van der Waals surface area contributed by atoms with Gasteiger partial charge >= 0.3 is 17.1 Å². The zero-order valence-corrected chi connectivity index (χ0v) is 31.5. The number of carbonyl (C=O) groups is 3. The molecular formula is C45H36FeN3O6. The Labute approximate surface area is 330 Å². The van der Waals surface area contributed by atoms with Crippen molar-refractivity contribution >= 4 is 34.8 Å². The Hall–Kier alpha value is -5.87. The van der Waals surface area contributed by atoms with Gasteiger partial charge in [0.05, 0.1) is 0 Å². The Morgan fingerprint density at radius 1 is 0.382 bits per heavy atom. The van der Waals surface area contributed by atoms with Crippen LogP contribution in [-0.2, 0) is 50.7 Å². The molecule has 9 rings (SSSR count). The van der Waals surface area contributed by atoms with Crippen LogP contribution in [0.15, 0.2) is 127 Å². The summed E-state index contributed by atoms with van der Waals surface area (Å²) in [5.41, 5.74) is 15.5. The van der Waals surface area contributed by atoms with E-state index in [1.54, 1.807) is 18.2 Å². The summed E-state index contributed by atoms with van der Waals surface area (Å²) in [7, 11) is 0.